The molecular formula is C20H17FN4O. The minimum atomic E-state index is -0.229. The van der Waals surface area contributed by atoms with Crippen LogP contribution in [0.3, 0.4) is 0 Å². The van der Waals surface area contributed by atoms with Crippen LogP contribution in [0, 0.1) is 5.82 Å². The number of ether oxygens (including phenoxy) is 1. The van der Waals surface area contributed by atoms with Crippen LogP contribution in [0.15, 0.2) is 48.5 Å². The number of benzene rings is 2. The number of hydrogen-bond acceptors (Lipinski definition) is 4. The monoisotopic (exact) mass is 348 g/mol. The number of nitrogens with two attached hydrogens (primary N) is 1. The van der Waals surface area contributed by atoms with Gasteiger partial charge in [0.2, 0.25) is 0 Å². The summed E-state index contributed by atoms with van der Waals surface area (Å²) in [6.45, 7) is 1.02. The van der Waals surface area contributed by atoms with Gasteiger partial charge >= 0.3 is 0 Å². The molecule has 0 aliphatic carbocycles. The minimum absolute atomic E-state index is 0.0689. The van der Waals surface area contributed by atoms with Crippen LogP contribution in [0.25, 0.3) is 21.9 Å². The van der Waals surface area contributed by atoms with Gasteiger partial charge in [-0.15, -0.1) is 0 Å². The maximum atomic E-state index is 13.2. The Morgan fingerprint density at radius 3 is 2.77 bits per heavy atom. The smallest absolute Gasteiger partial charge is 0.152 e. The maximum Gasteiger partial charge on any atom is 0.152 e. The van der Waals surface area contributed by atoms with Gasteiger partial charge in [-0.25, -0.2) is 14.4 Å². The molecule has 0 bridgehead atoms. The molecule has 1 aliphatic rings. The summed E-state index contributed by atoms with van der Waals surface area (Å²) in [7, 11) is 0. The summed E-state index contributed by atoms with van der Waals surface area (Å²) < 4.78 is 21.2. The van der Waals surface area contributed by atoms with E-state index in [-0.39, 0.29) is 11.9 Å². The summed E-state index contributed by atoms with van der Waals surface area (Å²) in [6.07, 6.45) is 0.731. The fourth-order valence-corrected chi connectivity index (χ4v) is 3.77. The number of imidazole rings is 1. The fourth-order valence-electron chi connectivity index (χ4n) is 3.77. The zero-order valence-corrected chi connectivity index (χ0v) is 14.0. The molecule has 6 heteroatoms. The van der Waals surface area contributed by atoms with E-state index in [1.165, 1.54) is 12.1 Å². The Kier molecular flexibility index (Phi) is 3.39. The van der Waals surface area contributed by atoms with E-state index < -0.39 is 0 Å². The first kappa shape index (κ1) is 15.3. The third-order valence-electron chi connectivity index (χ3n) is 4.92. The number of rotatable bonds is 2. The molecule has 0 saturated heterocycles. The van der Waals surface area contributed by atoms with Crippen LogP contribution >= 0.6 is 0 Å². The highest BCUT2D eigenvalue weighted by molar-refractivity contribution is 6.06. The third-order valence-corrected chi connectivity index (χ3v) is 4.92. The van der Waals surface area contributed by atoms with Crippen LogP contribution in [0.5, 0.6) is 0 Å². The zero-order chi connectivity index (χ0) is 17.7. The highest BCUT2D eigenvalue weighted by Crippen LogP contribution is 2.34. The maximum absolute atomic E-state index is 13.2. The van der Waals surface area contributed by atoms with E-state index in [2.05, 4.69) is 9.55 Å². The Balaban J connectivity index is 1.71. The Morgan fingerprint density at radius 1 is 1.12 bits per heavy atom. The molecule has 0 spiro atoms. The zero-order valence-electron chi connectivity index (χ0n) is 14.0. The predicted octanol–water partition coefficient (Wildman–Crippen LogP) is 3.62. The molecule has 5 rings (SSSR count). The van der Waals surface area contributed by atoms with Gasteiger partial charge in [0.1, 0.15) is 23.8 Å². The molecule has 0 unspecified atom stereocenters. The third kappa shape index (κ3) is 2.34. The fraction of sp³-hybridized carbons (Fsp3) is 0.200. The van der Waals surface area contributed by atoms with Crippen molar-refractivity contribution in [2.45, 2.75) is 19.1 Å². The van der Waals surface area contributed by atoms with Crippen molar-refractivity contribution in [3.8, 4) is 0 Å². The molecule has 0 amide bonds. The van der Waals surface area contributed by atoms with E-state index in [0.29, 0.717) is 24.5 Å². The van der Waals surface area contributed by atoms with Crippen LogP contribution in [-0.4, -0.2) is 21.1 Å². The quantitative estimate of drug-likeness (QED) is 0.601. The van der Waals surface area contributed by atoms with Crippen LogP contribution in [0.1, 0.15) is 17.4 Å². The van der Waals surface area contributed by atoms with Gasteiger partial charge < -0.3 is 15.0 Å². The summed E-state index contributed by atoms with van der Waals surface area (Å²) >= 11 is 0. The first-order valence-electron chi connectivity index (χ1n) is 8.58. The number of nitrogen functional groups attached to an aromatic ring is 1. The Morgan fingerprint density at radius 2 is 1.92 bits per heavy atom. The van der Waals surface area contributed by atoms with Crippen LogP contribution in [0.2, 0.25) is 0 Å². The Bertz CT molecular complexity index is 1120. The van der Waals surface area contributed by atoms with Gasteiger partial charge in [0.05, 0.1) is 23.7 Å². The lowest BCUT2D eigenvalue weighted by Crippen LogP contribution is -2.25. The molecule has 4 aromatic rings. The van der Waals surface area contributed by atoms with Crippen molar-refractivity contribution < 1.29 is 9.13 Å². The van der Waals surface area contributed by atoms with E-state index in [0.717, 1.165) is 34.2 Å². The SMILES string of the molecule is Nc1nc2ccccc2c2c1nc1n2[C@@H](Cc2ccc(F)cc2)COC1. The van der Waals surface area contributed by atoms with E-state index in [9.17, 15) is 4.39 Å². The van der Waals surface area contributed by atoms with Gasteiger partial charge in [-0.2, -0.15) is 0 Å². The number of hydrogen-bond donors (Lipinski definition) is 1. The molecule has 1 atom stereocenters. The van der Waals surface area contributed by atoms with Gasteiger partial charge in [0.15, 0.2) is 5.82 Å². The van der Waals surface area contributed by atoms with Crippen LogP contribution < -0.4 is 5.73 Å². The number of halogens is 1. The normalized spacial score (nSPS) is 16.9. The standard InChI is InChI=1S/C20H17FN4O/c21-13-7-5-12(6-8-13)9-14-10-26-11-17-24-18-19(25(14)17)15-3-1-2-4-16(15)23-20(18)22/h1-8,14H,9-11H2,(H2,22,23)/t14-/m0/s1. The molecule has 3 heterocycles. The highest BCUT2D eigenvalue weighted by Gasteiger charge is 2.26. The molecule has 2 aromatic carbocycles. The first-order chi connectivity index (χ1) is 12.7. The molecule has 2 N–H and O–H groups in total. The molecule has 130 valence electrons. The lowest BCUT2D eigenvalue weighted by Gasteiger charge is -2.26. The van der Waals surface area contributed by atoms with Crippen molar-refractivity contribution in [2.24, 2.45) is 0 Å². The van der Waals surface area contributed by atoms with Crippen molar-refractivity contribution >= 4 is 27.8 Å². The minimum Gasteiger partial charge on any atom is -0.382 e. The van der Waals surface area contributed by atoms with Gasteiger partial charge in [0.25, 0.3) is 0 Å². The molecular weight excluding hydrogens is 331 g/mol. The summed E-state index contributed by atoms with van der Waals surface area (Å²) in [6, 6.07) is 14.6. The number of nitrogens with zero attached hydrogens (tertiary/aromatic N) is 3. The van der Waals surface area contributed by atoms with Crippen molar-refractivity contribution in [2.75, 3.05) is 12.3 Å². The van der Waals surface area contributed by atoms with E-state index >= 15 is 0 Å². The summed E-state index contributed by atoms with van der Waals surface area (Å²) in [5.41, 5.74) is 9.80. The number of para-hydroxylation sites is 1. The van der Waals surface area contributed by atoms with Gasteiger partial charge in [-0.1, -0.05) is 30.3 Å². The van der Waals surface area contributed by atoms with Crippen LogP contribution in [-0.2, 0) is 17.8 Å². The lowest BCUT2D eigenvalue weighted by molar-refractivity contribution is 0.0567. The molecule has 5 nitrogen and oxygen atoms in total. The second kappa shape index (κ2) is 5.78. The summed E-state index contributed by atoms with van der Waals surface area (Å²) in [5, 5.41) is 1.03. The molecule has 1 aliphatic heterocycles. The topological polar surface area (TPSA) is 66.0 Å². The van der Waals surface area contributed by atoms with Crippen molar-refractivity contribution in [1.82, 2.24) is 14.5 Å². The molecule has 0 fully saturated rings. The van der Waals surface area contributed by atoms with Gasteiger partial charge in [-0.3, -0.25) is 0 Å². The lowest BCUT2D eigenvalue weighted by atomic mass is 10.0. The van der Waals surface area contributed by atoms with Crippen molar-refractivity contribution in [1.29, 1.82) is 0 Å². The highest BCUT2D eigenvalue weighted by atomic mass is 19.1. The molecule has 2 aromatic heterocycles. The van der Waals surface area contributed by atoms with Gasteiger partial charge in [0, 0.05) is 5.39 Å². The average molecular weight is 348 g/mol. The molecule has 26 heavy (non-hydrogen) atoms. The second-order valence-corrected chi connectivity index (χ2v) is 6.61. The molecule has 0 radical (unpaired) electrons. The van der Waals surface area contributed by atoms with Gasteiger partial charge in [-0.05, 0) is 30.2 Å². The Labute approximate surface area is 149 Å². The predicted molar refractivity (Wildman–Crippen MR) is 98.2 cm³/mol. The van der Waals surface area contributed by atoms with Crippen molar-refractivity contribution in [3.05, 3.63) is 65.7 Å². The summed E-state index contributed by atoms with van der Waals surface area (Å²) in [5.74, 6) is 1.05. The van der Waals surface area contributed by atoms with E-state index in [4.69, 9.17) is 15.5 Å². The first-order valence-corrected chi connectivity index (χ1v) is 8.58. The van der Waals surface area contributed by atoms with E-state index in [1.807, 2.05) is 36.4 Å². The largest absolute Gasteiger partial charge is 0.382 e. The van der Waals surface area contributed by atoms with Crippen molar-refractivity contribution in [3.63, 3.8) is 0 Å². The number of aromatic nitrogens is 3. The number of anilines is 1. The van der Waals surface area contributed by atoms with E-state index in [1.54, 1.807) is 0 Å². The average Bonchev–Trinajstić information content (AvgIpc) is 3.05. The number of fused-ring (bicyclic) bond motifs is 5. The second-order valence-electron chi connectivity index (χ2n) is 6.61. The molecule has 0 saturated carbocycles. The summed E-state index contributed by atoms with van der Waals surface area (Å²) in [4.78, 5) is 9.18. The van der Waals surface area contributed by atoms with Crippen LogP contribution in [0.4, 0.5) is 10.2 Å². The number of pyridine rings is 1. The Hall–Kier alpha value is -2.99.